The molecule has 1 aromatic rings. The molecule has 10 heteroatoms. The SMILES string of the molecule is CN(C)S(=O)(=O)Nc1ccc(NS(=O)(=O)N(C)C)cc1. The summed E-state index contributed by atoms with van der Waals surface area (Å²) in [6.07, 6.45) is 0. The van der Waals surface area contributed by atoms with Crippen LogP contribution in [0.2, 0.25) is 0 Å². The maximum absolute atomic E-state index is 11.6. The number of hydrogen-bond donors (Lipinski definition) is 2. The van der Waals surface area contributed by atoms with E-state index in [2.05, 4.69) is 9.44 Å². The average Bonchev–Trinajstić information content (AvgIpc) is 2.30. The van der Waals surface area contributed by atoms with Gasteiger partial charge in [0, 0.05) is 39.6 Å². The molecule has 0 aliphatic rings. The van der Waals surface area contributed by atoms with Crippen molar-refractivity contribution < 1.29 is 16.8 Å². The summed E-state index contributed by atoms with van der Waals surface area (Å²) in [5.41, 5.74) is 0.679. The van der Waals surface area contributed by atoms with Gasteiger partial charge in [-0.15, -0.1) is 0 Å². The third kappa shape index (κ3) is 4.34. The van der Waals surface area contributed by atoms with Gasteiger partial charge in [-0.3, -0.25) is 9.44 Å². The first kappa shape index (κ1) is 16.7. The van der Waals surface area contributed by atoms with Crippen LogP contribution in [0.4, 0.5) is 11.4 Å². The molecule has 0 fully saturated rings. The molecule has 0 bridgehead atoms. The highest BCUT2D eigenvalue weighted by Crippen LogP contribution is 2.16. The second kappa shape index (κ2) is 5.95. The highest BCUT2D eigenvalue weighted by molar-refractivity contribution is 7.90. The third-order valence-corrected chi connectivity index (χ3v) is 5.25. The minimum absolute atomic E-state index is 0.339. The van der Waals surface area contributed by atoms with Crippen molar-refractivity contribution in [1.29, 1.82) is 0 Å². The molecule has 1 aromatic carbocycles. The molecule has 0 saturated carbocycles. The van der Waals surface area contributed by atoms with Crippen molar-refractivity contribution in [2.45, 2.75) is 0 Å². The molecular formula is C10H18N4O4S2. The van der Waals surface area contributed by atoms with Crippen LogP contribution in [0.15, 0.2) is 24.3 Å². The molecule has 2 N–H and O–H groups in total. The number of rotatable bonds is 6. The van der Waals surface area contributed by atoms with E-state index in [9.17, 15) is 16.8 Å². The molecule has 0 saturated heterocycles. The van der Waals surface area contributed by atoms with Crippen LogP contribution in [0.5, 0.6) is 0 Å². The van der Waals surface area contributed by atoms with Crippen molar-refractivity contribution in [1.82, 2.24) is 8.61 Å². The summed E-state index contributed by atoms with van der Waals surface area (Å²) >= 11 is 0. The number of hydrogen-bond acceptors (Lipinski definition) is 4. The van der Waals surface area contributed by atoms with E-state index in [0.29, 0.717) is 11.4 Å². The van der Waals surface area contributed by atoms with Crippen molar-refractivity contribution in [3.05, 3.63) is 24.3 Å². The van der Waals surface area contributed by atoms with E-state index in [1.807, 2.05) is 0 Å². The molecule has 0 unspecified atom stereocenters. The molecule has 20 heavy (non-hydrogen) atoms. The second-order valence-electron chi connectivity index (χ2n) is 4.36. The predicted octanol–water partition coefficient (Wildman–Crippen LogP) is 0.123. The standard InChI is InChI=1S/C10H18N4O4S2/c1-13(2)19(15,16)11-9-5-7-10(8-6-9)12-20(17,18)14(3)4/h5-8,11-12H,1-4H3. The van der Waals surface area contributed by atoms with Gasteiger partial charge in [0.15, 0.2) is 0 Å². The summed E-state index contributed by atoms with van der Waals surface area (Å²) in [4.78, 5) is 0. The van der Waals surface area contributed by atoms with Gasteiger partial charge < -0.3 is 0 Å². The maximum atomic E-state index is 11.6. The van der Waals surface area contributed by atoms with Crippen LogP contribution in [-0.4, -0.2) is 53.6 Å². The number of benzene rings is 1. The average molecular weight is 322 g/mol. The summed E-state index contributed by atoms with van der Waals surface area (Å²) in [6, 6.07) is 5.87. The summed E-state index contributed by atoms with van der Waals surface area (Å²) in [5, 5.41) is 0. The quantitative estimate of drug-likeness (QED) is 0.777. The van der Waals surface area contributed by atoms with Crippen molar-refractivity contribution >= 4 is 31.8 Å². The van der Waals surface area contributed by atoms with E-state index < -0.39 is 20.4 Å². The van der Waals surface area contributed by atoms with Crippen molar-refractivity contribution in [3.8, 4) is 0 Å². The van der Waals surface area contributed by atoms with Gasteiger partial charge in [-0.05, 0) is 24.3 Å². The fourth-order valence-corrected chi connectivity index (χ4v) is 2.32. The van der Waals surface area contributed by atoms with Gasteiger partial charge >= 0.3 is 20.4 Å². The molecule has 8 nitrogen and oxygen atoms in total. The Balaban J connectivity index is 2.86. The first-order chi connectivity index (χ1) is 9.04. The van der Waals surface area contributed by atoms with Crippen molar-refractivity contribution in [2.75, 3.05) is 37.6 Å². The Kier molecular flexibility index (Phi) is 4.97. The van der Waals surface area contributed by atoms with Crippen LogP contribution in [0, 0.1) is 0 Å². The molecule has 0 radical (unpaired) electrons. The smallest absolute Gasteiger partial charge is 0.271 e. The molecule has 0 amide bonds. The number of anilines is 2. The molecule has 114 valence electrons. The molecule has 1 rings (SSSR count). The van der Waals surface area contributed by atoms with Crippen molar-refractivity contribution in [3.63, 3.8) is 0 Å². The first-order valence-electron chi connectivity index (χ1n) is 5.55. The Labute approximate surface area is 119 Å². The largest absolute Gasteiger partial charge is 0.301 e. The van der Waals surface area contributed by atoms with Gasteiger partial charge in [-0.25, -0.2) is 0 Å². The summed E-state index contributed by atoms with van der Waals surface area (Å²) in [7, 11) is -1.53. The zero-order chi connectivity index (χ0) is 15.6. The topological polar surface area (TPSA) is 98.8 Å². The Hall–Kier alpha value is -1.36. The van der Waals surface area contributed by atoms with Gasteiger partial charge in [0.2, 0.25) is 0 Å². The molecule has 0 aliphatic carbocycles. The van der Waals surface area contributed by atoms with Crippen LogP contribution in [-0.2, 0) is 20.4 Å². The lowest BCUT2D eigenvalue weighted by Crippen LogP contribution is -2.29. The van der Waals surface area contributed by atoms with E-state index in [0.717, 1.165) is 8.61 Å². The molecule has 0 spiro atoms. The second-order valence-corrected chi connectivity index (χ2v) is 8.13. The lowest BCUT2D eigenvalue weighted by Gasteiger charge is -2.15. The van der Waals surface area contributed by atoms with E-state index in [1.165, 1.54) is 52.5 Å². The van der Waals surface area contributed by atoms with E-state index in [-0.39, 0.29) is 0 Å². The fourth-order valence-electron chi connectivity index (χ4n) is 1.09. The summed E-state index contributed by atoms with van der Waals surface area (Å²) in [5.74, 6) is 0. The number of nitrogens with zero attached hydrogens (tertiary/aromatic N) is 2. The van der Waals surface area contributed by atoms with Gasteiger partial charge in [0.1, 0.15) is 0 Å². The first-order valence-corrected chi connectivity index (χ1v) is 8.43. The lowest BCUT2D eigenvalue weighted by molar-refractivity contribution is 0.525. The minimum atomic E-state index is -3.58. The fraction of sp³-hybridized carbons (Fsp3) is 0.400. The predicted molar refractivity (Wildman–Crippen MR) is 78.9 cm³/mol. The highest BCUT2D eigenvalue weighted by atomic mass is 32.2. The Bertz CT molecular complexity index is 592. The van der Waals surface area contributed by atoms with Gasteiger partial charge in [0.05, 0.1) is 0 Å². The highest BCUT2D eigenvalue weighted by Gasteiger charge is 2.14. The Morgan fingerprint density at radius 1 is 0.700 bits per heavy atom. The van der Waals surface area contributed by atoms with Crippen LogP contribution in [0.25, 0.3) is 0 Å². The van der Waals surface area contributed by atoms with Gasteiger partial charge in [0.25, 0.3) is 0 Å². The zero-order valence-corrected chi connectivity index (χ0v) is 13.3. The van der Waals surface area contributed by atoms with E-state index in [4.69, 9.17) is 0 Å². The summed E-state index contributed by atoms with van der Waals surface area (Å²) in [6.45, 7) is 0. The molecule has 0 atom stereocenters. The van der Waals surface area contributed by atoms with Crippen LogP contribution in [0.3, 0.4) is 0 Å². The van der Waals surface area contributed by atoms with E-state index >= 15 is 0 Å². The third-order valence-electron chi connectivity index (χ3n) is 2.34. The molecule has 0 aromatic heterocycles. The van der Waals surface area contributed by atoms with Gasteiger partial charge in [-0.1, -0.05) is 0 Å². The van der Waals surface area contributed by atoms with Crippen LogP contribution >= 0.6 is 0 Å². The van der Waals surface area contributed by atoms with Crippen molar-refractivity contribution in [2.24, 2.45) is 0 Å². The lowest BCUT2D eigenvalue weighted by atomic mass is 10.3. The maximum Gasteiger partial charge on any atom is 0.301 e. The molecular weight excluding hydrogens is 304 g/mol. The normalized spacial score (nSPS) is 12.7. The number of nitrogens with one attached hydrogen (secondary N) is 2. The van der Waals surface area contributed by atoms with Crippen LogP contribution < -0.4 is 9.44 Å². The van der Waals surface area contributed by atoms with Gasteiger partial charge in [-0.2, -0.15) is 25.4 Å². The Morgan fingerprint density at radius 3 is 1.15 bits per heavy atom. The van der Waals surface area contributed by atoms with E-state index in [1.54, 1.807) is 0 Å². The zero-order valence-electron chi connectivity index (χ0n) is 11.7. The molecule has 0 aliphatic heterocycles. The summed E-state index contributed by atoms with van der Waals surface area (Å²) < 4.78 is 53.2. The monoisotopic (exact) mass is 322 g/mol. The minimum Gasteiger partial charge on any atom is -0.271 e. The van der Waals surface area contributed by atoms with Crippen LogP contribution in [0.1, 0.15) is 0 Å². The molecule has 0 heterocycles. The Morgan fingerprint density at radius 2 is 0.950 bits per heavy atom.